The maximum atomic E-state index is 8.73. The third kappa shape index (κ3) is 3.55. The summed E-state index contributed by atoms with van der Waals surface area (Å²) in [6, 6.07) is 3.92. The first-order valence-electron chi connectivity index (χ1n) is 5.08. The van der Waals surface area contributed by atoms with E-state index in [2.05, 4.69) is 16.9 Å². The number of nitrogens with zero attached hydrogens (tertiary/aromatic N) is 3. The van der Waals surface area contributed by atoms with Crippen LogP contribution in [0.5, 0.6) is 6.01 Å². The number of ether oxygens (including phenoxy) is 1. The van der Waals surface area contributed by atoms with Crippen LogP contribution in [0, 0.1) is 18.3 Å². The van der Waals surface area contributed by atoms with Crippen LogP contribution in [0.3, 0.4) is 0 Å². The highest BCUT2D eigenvalue weighted by Crippen LogP contribution is 2.10. The Balaban J connectivity index is 2.77. The van der Waals surface area contributed by atoms with Gasteiger partial charge >= 0.3 is 6.01 Å². The minimum atomic E-state index is 0.0864. The van der Waals surface area contributed by atoms with E-state index in [1.807, 2.05) is 19.9 Å². The van der Waals surface area contributed by atoms with Crippen molar-refractivity contribution in [2.45, 2.75) is 39.7 Å². The number of rotatable bonds is 4. The summed E-state index contributed by atoms with van der Waals surface area (Å²) in [6.07, 6.45) is 2.10. The highest BCUT2D eigenvalue weighted by molar-refractivity contribution is 5.23. The second kappa shape index (κ2) is 5.30. The standard InChI is InChI=1S/C11H15N3O/c1-4-5-9(3)15-11-13-8(2)6-10(7-12)14-11/h6,9H,4-5H2,1-3H3. The Hall–Kier alpha value is -1.63. The Morgan fingerprint density at radius 2 is 2.27 bits per heavy atom. The van der Waals surface area contributed by atoms with Gasteiger partial charge in [0.05, 0.1) is 6.10 Å². The van der Waals surface area contributed by atoms with Crippen molar-refractivity contribution in [3.8, 4) is 12.1 Å². The maximum absolute atomic E-state index is 8.73. The van der Waals surface area contributed by atoms with Crippen LogP contribution >= 0.6 is 0 Å². The Labute approximate surface area is 89.9 Å². The summed E-state index contributed by atoms with van der Waals surface area (Å²) in [5, 5.41) is 8.73. The van der Waals surface area contributed by atoms with Crippen molar-refractivity contribution >= 4 is 0 Å². The Bertz CT molecular complexity index is 371. The molecule has 0 aliphatic heterocycles. The minimum Gasteiger partial charge on any atom is -0.460 e. The summed E-state index contributed by atoms with van der Waals surface area (Å²) in [5.41, 5.74) is 1.10. The molecule has 1 atom stereocenters. The lowest BCUT2D eigenvalue weighted by Gasteiger charge is -2.11. The topological polar surface area (TPSA) is 58.8 Å². The van der Waals surface area contributed by atoms with Crippen LogP contribution in [-0.4, -0.2) is 16.1 Å². The van der Waals surface area contributed by atoms with Crippen molar-refractivity contribution in [1.82, 2.24) is 9.97 Å². The summed E-state index contributed by atoms with van der Waals surface area (Å²) in [6.45, 7) is 5.89. The van der Waals surface area contributed by atoms with Gasteiger partial charge in [0.25, 0.3) is 0 Å². The van der Waals surface area contributed by atoms with E-state index in [9.17, 15) is 0 Å². The molecule has 0 aliphatic carbocycles. The largest absolute Gasteiger partial charge is 0.460 e. The van der Waals surface area contributed by atoms with Crippen LogP contribution in [0.2, 0.25) is 0 Å². The molecule has 1 unspecified atom stereocenters. The van der Waals surface area contributed by atoms with Gasteiger partial charge in [0.2, 0.25) is 0 Å². The quantitative estimate of drug-likeness (QED) is 0.756. The zero-order chi connectivity index (χ0) is 11.3. The molecule has 0 aliphatic rings. The molecule has 0 fully saturated rings. The van der Waals surface area contributed by atoms with Gasteiger partial charge < -0.3 is 4.74 Å². The van der Waals surface area contributed by atoms with Gasteiger partial charge in [-0.1, -0.05) is 13.3 Å². The van der Waals surface area contributed by atoms with E-state index in [1.54, 1.807) is 6.07 Å². The molecule has 1 aromatic rings. The van der Waals surface area contributed by atoms with Crippen LogP contribution in [0.1, 0.15) is 38.1 Å². The summed E-state index contributed by atoms with van der Waals surface area (Å²) >= 11 is 0. The van der Waals surface area contributed by atoms with Crippen LogP contribution in [0.4, 0.5) is 0 Å². The van der Waals surface area contributed by atoms with Crippen molar-refractivity contribution in [3.63, 3.8) is 0 Å². The fourth-order valence-electron chi connectivity index (χ4n) is 1.30. The molecule has 4 heteroatoms. The van der Waals surface area contributed by atoms with E-state index < -0.39 is 0 Å². The van der Waals surface area contributed by atoms with Gasteiger partial charge in [-0.15, -0.1) is 0 Å². The smallest absolute Gasteiger partial charge is 0.318 e. The Morgan fingerprint density at radius 1 is 1.53 bits per heavy atom. The van der Waals surface area contributed by atoms with Crippen molar-refractivity contribution < 1.29 is 4.74 Å². The number of aromatic nitrogens is 2. The highest BCUT2D eigenvalue weighted by Gasteiger charge is 2.07. The molecule has 0 saturated heterocycles. The van der Waals surface area contributed by atoms with Crippen molar-refractivity contribution in [1.29, 1.82) is 5.26 Å². The molecule has 4 nitrogen and oxygen atoms in total. The molecule has 0 spiro atoms. The van der Waals surface area contributed by atoms with Gasteiger partial charge in [-0.3, -0.25) is 0 Å². The van der Waals surface area contributed by atoms with Crippen molar-refractivity contribution in [2.75, 3.05) is 0 Å². The highest BCUT2D eigenvalue weighted by atomic mass is 16.5. The van der Waals surface area contributed by atoms with Gasteiger partial charge in [-0.05, 0) is 26.3 Å². The molecular formula is C11H15N3O. The van der Waals surface area contributed by atoms with Crippen molar-refractivity contribution in [3.05, 3.63) is 17.5 Å². The second-order valence-electron chi connectivity index (χ2n) is 3.51. The molecule has 0 bridgehead atoms. The minimum absolute atomic E-state index is 0.0864. The Kier molecular flexibility index (Phi) is 4.04. The molecule has 0 N–H and O–H groups in total. The first-order chi connectivity index (χ1) is 7.15. The third-order valence-electron chi connectivity index (χ3n) is 1.95. The van der Waals surface area contributed by atoms with E-state index in [-0.39, 0.29) is 6.10 Å². The maximum Gasteiger partial charge on any atom is 0.318 e. The molecule has 0 amide bonds. The molecule has 0 radical (unpaired) electrons. The second-order valence-corrected chi connectivity index (χ2v) is 3.51. The molecule has 1 aromatic heterocycles. The zero-order valence-corrected chi connectivity index (χ0v) is 9.32. The third-order valence-corrected chi connectivity index (χ3v) is 1.95. The fourth-order valence-corrected chi connectivity index (χ4v) is 1.30. The van der Waals surface area contributed by atoms with Crippen LogP contribution in [0.25, 0.3) is 0 Å². The monoisotopic (exact) mass is 205 g/mol. The van der Waals surface area contributed by atoms with E-state index >= 15 is 0 Å². The average Bonchev–Trinajstić information content (AvgIpc) is 2.17. The van der Waals surface area contributed by atoms with Crippen LogP contribution < -0.4 is 4.74 Å². The zero-order valence-electron chi connectivity index (χ0n) is 9.32. The van der Waals surface area contributed by atoms with E-state index in [1.165, 1.54) is 0 Å². The molecule has 80 valence electrons. The number of nitriles is 1. The summed E-state index contributed by atoms with van der Waals surface area (Å²) < 4.78 is 5.50. The van der Waals surface area contributed by atoms with Gasteiger partial charge in [-0.25, -0.2) is 4.98 Å². The number of hydrogen-bond acceptors (Lipinski definition) is 4. The SMILES string of the molecule is CCCC(C)Oc1nc(C)cc(C#N)n1. The van der Waals surface area contributed by atoms with E-state index in [4.69, 9.17) is 10.00 Å². The molecule has 1 heterocycles. The van der Waals surface area contributed by atoms with Gasteiger partial charge in [0.1, 0.15) is 11.8 Å². The lowest BCUT2D eigenvalue weighted by Crippen LogP contribution is -2.13. The van der Waals surface area contributed by atoms with Gasteiger partial charge in [0.15, 0.2) is 0 Å². The summed E-state index contributed by atoms with van der Waals surface area (Å²) in [7, 11) is 0. The van der Waals surface area contributed by atoms with Crippen LogP contribution in [0.15, 0.2) is 6.07 Å². The fraction of sp³-hybridized carbons (Fsp3) is 0.545. The predicted molar refractivity (Wildman–Crippen MR) is 56.5 cm³/mol. The molecular weight excluding hydrogens is 190 g/mol. The van der Waals surface area contributed by atoms with E-state index in [0.717, 1.165) is 18.5 Å². The molecule has 0 aromatic carbocycles. The van der Waals surface area contributed by atoms with Gasteiger partial charge in [-0.2, -0.15) is 10.2 Å². The summed E-state index contributed by atoms with van der Waals surface area (Å²) in [5.74, 6) is 0. The first kappa shape index (κ1) is 11.4. The lowest BCUT2D eigenvalue weighted by molar-refractivity contribution is 0.192. The molecule has 15 heavy (non-hydrogen) atoms. The normalized spacial score (nSPS) is 11.9. The number of hydrogen-bond donors (Lipinski definition) is 0. The molecule has 0 saturated carbocycles. The average molecular weight is 205 g/mol. The van der Waals surface area contributed by atoms with Crippen LogP contribution in [-0.2, 0) is 0 Å². The van der Waals surface area contributed by atoms with E-state index in [0.29, 0.717) is 11.7 Å². The summed E-state index contributed by atoms with van der Waals surface area (Å²) in [4.78, 5) is 8.10. The predicted octanol–water partition coefficient (Wildman–Crippen LogP) is 2.22. The van der Waals surface area contributed by atoms with Gasteiger partial charge in [0, 0.05) is 5.69 Å². The molecule has 1 rings (SSSR count). The first-order valence-corrected chi connectivity index (χ1v) is 5.08. The lowest BCUT2D eigenvalue weighted by atomic mass is 10.2. The van der Waals surface area contributed by atoms with Crippen molar-refractivity contribution in [2.24, 2.45) is 0 Å². The number of aryl methyl sites for hydroxylation is 1. The Morgan fingerprint density at radius 3 is 2.87 bits per heavy atom.